The maximum atomic E-state index is 12.5. The van der Waals surface area contributed by atoms with Crippen LogP contribution in [0.15, 0.2) is 60.7 Å². The Bertz CT molecular complexity index is 897. The topological polar surface area (TPSA) is 58.1 Å². The largest absolute Gasteiger partial charge is 0.340 e. The summed E-state index contributed by atoms with van der Waals surface area (Å²) in [4.78, 5) is 23.3. The fourth-order valence-electron chi connectivity index (χ4n) is 2.50. The van der Waals surface area contributed by atoms with E-state index in [4.69, 9.17) is 11.6 Å². The summed E-state index contributed by atoms with van der Waals surface area (Å²) in [6.45, 7) is 2.50. The van der Waals surface area contributed by atoms with Gasteiger partial charge in [-0.15, -0.1) is 0 Å². The lowest BCUT2D eigenvalue weighted by atomic mass is 10.2. The number of aromatic nitrogens is 2. The predicted molar refractivity (Wildman–Crippen MR) is 105 cm³/mol. The van der Waals surface area contributed by atoms with Crippen LogP contribution < -0.4 is 10.2 Å². The molecule has 0 aliphatic heterocycles. The zero-order chi connectivity index (χ0) is 18.5. The summed E-state index contributed by atoms with van der Waals surface area (Å²) < 4.78 is 0. The molecule has 1 N–H and O–H groups in total. The number of amides is 1. The van der Waals surface area contributed by atoms with Gasteiger partial charge in [0.2, 0.25) is 5.95 Å². The Morgan fingerprint density at radius 3 is 2.46 bits per heavy atom. The molecule has 5 nitrogen and oxygen atoms in total. The van der Waals surface area contributed by atoms with Crippen LogP contribution in [0.25, 0.3) is 0 Å². The van der Waals surface area contributed by atoms with Gasteiger partial charge >= 0.3 is 0 Å². The molecule has 1 amide bonds. The number of nitrogens with zero attached hydrogens (tertiary/aromatic N) is 3. The van der Waals surface area contributed by atoms with Crippen LogP contribution in [0.1, 0.15) is 21.7 Å². The molecular formula is C20H19ClN4O. The van der Waals surface area contributed by atoms with Gasteiger partial charge in [-0.25, -0.2) is 9.97 Å². The number of hydrogen-bond donors (Lipinski definition) is 1. The number of carbonyl (C=O) groups excluding carboxylic acids is 1. The van der Waals surface area contributed by atoms with E-state index < -0.39 is 0 Å². The molecule has 0 aliphatic carbocycles. The van der Waals surface area contributed by atoms with Crippen LogP contribution >= 0.6 is 11.6 Å². The molecule has 0 spiro atoms. The monoisotopic (exact) mass is 366 g/mol. The average Bonchev–Trinajstić information content (AvgIpc) is 2.64. The van der Waals surface area contributed by atoms with Crippen LogP contribution in [-0.4, -0.2) is 22.9 Å². The number of rotatable bonds is 5. The molecule has 0 bridgehead atoms. The summed E-state index contributed by atoms with van der Waals surface area (Å²) in [5.41, 5.74) is 2.86. The second kappa shape index (κ2) is 7.97. The van der Waals surface area contributed by atoms with Crippen molar-refractivity contribution in [2.24, 2.45) is 0 Å². The number of aryl methyl sites for hydroxylation is 1. The number of hydrogen-bond acceptors (Lipinski definition) is 4. The number of anilines is 2. The minimum Gasteiger partial charge on any atom is -0.340 e. The lowest BCUT2D eigenvalue weighted by Gasteiger charge is -2.18. The minimum atomic E-state index is -0.285. The van der Waals surface area contributed by atoms with E-state index in [9.17, 15) is 4.79 Å². The van der Waals surface area contributed by atoms with E-state index in [2.05, 4.69) is 15.3 Å². The molecule has 0 radical (unpaired) electrons. The maximum Gasteiger partial charge on any atom is 0.274 e. The van der Waals surface area contributed by atoms with Crippen molar-refractivity contribution in [2.45, 2.75) is 13.5 Å². The number of nitrogens with one attached hydrogen (secondary N) is 1. The zero-order valence-corrected chi connectivity index (χ0v) is 15.4. The smallest absolute Gasteiger partial charge is 0.274 e. The Labute approximate surface area is 157 Å². The quantitative estimate of drug-likeness (QED) is 0.730. The molecule has 0 saturated carbocycles. The molecule has 2 aromatic carbocycles. The lowest BCUT2D eigenvalue weighted by molar-refractivity contribution is 0.102. The normalized spacial score (nSPS) is 10.4. The van der Waals surface area contributed by atoms with E-state index in [0.717, 1.165) is 11.3 Å². The van der Waals surface area contributed by atoms with Gasteiger partial charge in [0.05, 0.1) is 0 Å². The molecule has 1 heterocycles. The zero-order valence-electron chi connectivity index (χ0n) is 14.6. The maximum absolute atomic E-state index is 12.5. The van der Waals surface area contributed by atoms with Crippen LogP contribution in [0.3, 0.4) is 0 Å². The molecule has 3 aromatic rings. The SMILES string of the molecule is Cc1cc(C(=O)Nc2ccc(Cl)cc2)nc(N(C)Cc2ccccc2)n1. The van der Waals surface area contributed by atoms with Crippen molar-refractivity contribution >= 4 is 29.1 Å². The summed E-state index contributed by atoms with van der Waals surface area (Å²) in [5, 5.41) is 3.44. The van der Waals surface area contributed by atoms with E-state index >= 15 is 0 Å². The number of benzene rings is 2. The van der Waals surface area contributed by atoms with Crippen molar-refractivity contribution in [3.05, 3.63) is 82.6 Å². The van der Waals surface area contributed by atoms with E-state index in [-0.39, 0.29) is 5.91 Å². The van der Waals surface area contributed by atoms with Gasteiger partial charge in [0.15, 0.2) is 0 Å². The van der Waals surface area contributed by atoms with Gasteiger partial charge < -0.3 is 10.2 Å². The first kappa shape index (κ1) is 17.9. The van der Waals surface area contributed by atoms with Gasteiger partial charge in [-0.1, -0.05) is 41.9 Å². The second-order valence-electron chi connectivity index (χ2n) is 6.00. The van der Waals surface area contributed by atoms with E-state index in [1.165, 1.54) is 0 Å². The van der Waals surface area contributed by atoms with Crippen molar-refractivity contribution in [3.8, 4) is 0 Å². The molecule has 0 fully saturated rings. The standard InChI is InChI=1S/C20H19ClN4O/c1-14-12-18(19(26)23-17-10-8-16(21)9-11-17)24-20(22-14)25(2)13-15-6-4-3-5-7-15/h3-12H,13H2,1-2H3,(H,23,26). The summed E-state index contributed by atoms with van der Waals surface area (Å²) in [5.74, 6) is 0.224. The fraction of sp³-hybridized carbons (Fsp3) is 0.150. The van der Waals surface area contributed by atoms with Crippen LogP contribution in [0.4, 0.5) is 11.6 Å². The lowest BCUT2D eigenvalue weighted by Crippen LogP contribution is -2.22. The van der Waals surface area contributed by atoms with Gasteiger partial charge in [-0.2, -0.15) is 0 Å². The fourth-order valence-corrected chi connectivity index (χ4v) is 2.62. The van der Waals surface area contributed by atoms with Crippen molar-refractivity contribution in [1.29, 1.82) is 0 Å². The Morgan fingerprint density at radius 2 is 1.77 bits per heavy atom. The average molecular weight is 367 g/mol. The molecule has 0 atom stereocenters. The van der Waals surface area contributed by atoms with Crippen molar-refractivity contribution in [1.82, 2.24) is 9.97 Å². The number of carbonyl (C=O) groups is 1. The Kier molecular flexibility index (Phi) is 5.49. The van der Waals surface area contributed by atoms with Crippen molar-refractivity contribution in [3.63, 3.8) is 0 Å². The molecule has 1 aromatic heterocycles. The summed E-state index contributed by atoms with van der Waals surface area (Å²) in [6, 6.07) is 18.7. The first-order valence-corrected chi connectivity index (χ1v) is 8.57. The highest BCUT2D eigenvalue weighted by Crippen LogP contribution is 2.16. The summed E-state index contributed by atoms with van der Waals surface area (Å²) >= 11 is 5.87. The van der Waals surface area contributed by atoms with Gasteiger partial charge in [0, 0.05) is 30.0 Å². The molecule has 0 saturated heterocycles. The Morgan fingerprint density at radius 1 is 1.08 bits per heavy atom. The Hall–Kier alpha value is -2.92. The third-order valence-corrected chi connectivity index (χ3v) is 4.03. The molecule has 132 valence electrons. The van der Waals surface area contributed by atoms with Crippen LogP contribution in [0, 0.1) is 6.92 Å². The van der Waals surface area contributed by atoms with Crippen LogP contribution in [-0.2, 0) is 6.54 Å². The second-order valence-corrected chi connectivity index (χ2v) is 6.43. The number of halogens is 1. The molecule has 6 heteroatoms. The molecule has 0 aliphatic rings. The van der Waals surface area contributed by atoms with E-state index in [0.29, 0.717) is 28.9 Å². The van der Waals surface area contributed by atoms with Gasteiger partial charge in [0.25, 0.3) is 5.91 Å². The third kappa shape index (κ3) is 4.58. The van der Waals surface area contributed by atoms with Crippen molar-refractivity contribution < 1.29 is 4.79 Å². The molecule has 3 rings (SSSR count). The van der Waals surface area contributed by atoms with Gasteiger partial charge in [-0.3, -0.25) is 4.79 Å². The Balaban J connectivity index is 1.78. The highest BCUT2D eigenvalue weighted by molar-refractivity contribution is 6.30. The highest BCUT2D eigenvalue weighted by Gasteiger charge is 2.13. The summed E-state index contributed by atoms with van der Waals surface area (Å²) in [6.07, 6.45) is 0. The van der Waals surface area contributed by atoms with Gasteiger partial charge in [0.1, 0.15) is 5.69 Å². The first-order valence-electron chi connectivity index (χ1n) is 8.19. The third-order valence-electron chi connectivity index (χ3n) is 3.78. The molecule has 26 heavy (non-hydrogen) atoms. The molecular weight excluding hydrogens is 348 g/mol. The minimum absolute atomic E-state index is 0.285. The van der Waals surface area contributed by atoms with Gasteiger partial charge in [-0.05, 0) is 42.8 Å². The molecule has 0 unspecified atom stereocenters. The van der Waals surface area contributed by atoms with E-state index in [1.54, 1.807) is 30.3 Å². The highest BCUT2D eigenvalue weighted by atomic mass is 35.5. The van der Waals surface area contributed by atoms with Crippen LogP contribution in [0.5, 0.6) is 0 Å². The summed E-state index contributed by atoms with van der Waals surface area (Å²) in [7, 11) is 1.91. The van der Waals surface area contributed by atoms with E-state index in [1.807, 2.05) is 49.2 Å². The van der Waals surface area contributed by atoms with Crippen molar-refractivity contribution in [2.75, 3.05) is 17.3 Å². The first-order chi connectivity index (χ1) is 12.5. The van der Waals surface area contributed by atoms with Crippen LogP contribution in [0.2, 0.25) is 5.02 Å². The predicted octanol–water partition coefficient (Wildman–Crippen LogP) is 4.33.